The predicted molar refractivity (Wildman–Crippen MR) is 101 cm³/mol. The fraction of sp³-hybridized carbons (Fsp3) is 0.176. The first-order valence-electron chi connectivity index (χ1n) is 7.13. The third-order valence-electron chi connectivity index (χ3n) is 3.72. The average molecular weight is 459 g/mol. The summed E-state index contributed by atoms with van der Waals surface area (Å²) in [7, 11) is 1.50. The van der Waals surface area contributed by atoms with Crippen molar-refractivity contribution >= 4 is 51.5 Å². The van der Waals surface area contributed by atoms with Crippen LogP contribution in [0.25, 0.3) is 0 Å². The molecule has 0 aromatic heterocycles. The first kappa shape index (κ1) is 17.2. The maximum absolute atomic E-state index is 14.5. The van der Waals surface area contributed by atoms with Gasteiger partial charge >= 0.3 is 0 Å². The summed E-state index contributed by atoms with van der Waals surface area (Å²) in [5.74, 6) is -0.239. The predicted octanol–water partition coefficient (Wildman–Crippen LogP) is 4.27. The number of carbonyl (C=O) groups excluding carboxylic acids is 1. The van der Waals surface area contributed by atoms with Gasteiger partial charge in [-0.1, -0.05) is 11.6 Å². The topological polar surface area (TPSA) is 50.7 Å². The molecule has 1 aliphatic heterocycles. The summed E-state index contributed by atoms with van der Waals surface area (Å²) in [6.07, 6.45) is 0. The van der Waals surface area contributed by atoms with Crippen LogP contribution in [0.3, 0.4) is 0 Å². The van der Waals surface area contributed by atoms with Crippen molar-refractivity contribution in [2.45, 2.75) is 13.0 Å². The Bertz CT molecular complexity index is 870. The lowest BCUT2D eigenvalue weighted by atomic mass is 9.99. The molecule has 1 heterocycles. The molecular formula is C17H13ClFIN2O2. The maximum atomic E-state index is 14.5. The molecular weight excluding hydrogens is 446 g/mol. The Morgan fingerprint density at radius 1 is 1.33 bits per heavy atom. The lowest BCUT2D eigenvalue weighted by Gasteiger charge is -2.14. The number of anilines is 1. The second kappa shape index (κ2) is 6.68. The zero-order valence-electron chi connectivity index (χ0n) is 12.9. The van der Waals surface area contributed by atoms with E-state index in [-0.39, 0.29) is 11.5 Å². The Morgan fingerprint density at radius 2 is 2.08 bits per heavy atom. The van der Waals surface area contributed by atoms with Crippen LogP contribution < -0.4 is 10.1 Å². The van der Waals surface area contributed by atoms with E-state index in [2.05, 4.69) is 32.9 Å². The number of rotatable bonds is 2. The van der Waals surface area contributed by atoms with Crippen molar-refractivity contribution in [3.8, 4) is 5.75 Å². The molecule has 0 saturated carbocycles. The van der Waals surface area contributed by atoms with Crippen LogP contribution in [0.4, 0.5) is 10.1 Å². The van der Waals surface area contributed by atoms with Crippen LogP contribution in [0.15, 0.2) is 35.3 Å². The second-order valence-corrected chi connectivity index (χ2v) is 6.81. The van der Waals surface area contributed by atoms with Crippen LogP contribution in [-0.2, 0) is 4.79 Å². The number of hydrogen-bond donors (Lipinski definition) is 1. The Morgan fingerprint density at radius 3 is 2.79 bits per heavy atom. The number of benzene rings is 2. The van der Waals surface area contributed by atoms with E-state index >= 15 is 0 Å². The van der Waals surface area contributed by atoms with Gasteiger partial charge in [0.15, 0.2) is 0 Å². The Kier molecular flexibility index (Phi) is 4.78. The van der Waals surface area contributed by atoms with Crippen LogP contribution in [0.1, 0.15) is 18.1 Å². The first-order chi connectivity index (χ1) is 11.4. The standard InChI is InChI=1S/C17H13ClFIN2O2/c1-8-17(23)22-13-6-5-12(20)15(18)14(13)16(21-8)10-7-9(24-2)3-4-11(10)19/h3-8H,1-2H3,(H,22,23). The van der Waals surface area contributed by atoms with Crippen molar-refractivity contribution in [1.82, 2.24) is 0 Å². The highest BCUT2D eigenvalue weighted by Crippen LogP contribution is 2.35. The fourth-order valence-electron chi connectivity index (χ4n) is 2.46. The van der Waals surface area contributed by atoms with E-state index in [1.807, 2.05) is 0 Å². The van der Waals surface area contributed by atoms with Gasteiger partial charge in [0.05, 0.1) is 23.5 Å². The summed E-state index contributed by atoms with van der Waals surface area (Å²) < 4.78 is 20.5. The molecule has 1 N–H and O–H groups in total. The largest absolute Gasteiger partial charge is 0.497 e. The number of hydrogen-bond acceptors (Lipinski definition) is 3. The number of benzodiazepines with no additional fused rings is 1. The quantitative estimate of drug-likeness (QED) is 0.684. The number of aliphatic imine (C=N–C) groups is 1. The second-order valence-electron chi connectivity index (χ2n) is 5.27. The number of methoxy groups -OCH3 is 1. The molecule has 1 aliphatic rings. The minimum absolute atomic E-state index is 0.239. The van der Waals surface area contributed by atoms with Gasteiger partial charge in [-0.2, -0.15) is 0 Å². The van der Waals surface area contributed by atoms with Crippen LogP contribution in [0.2, 0.25) is 5.02 Å². The minimum Gasteiger partial charge on any atom is -0.497 e. The van der Waals surface area contributed by atoms with E-state index < -0.39 is 11.9 Å². The number of carbonyl (C=O) groups is 1. The number of amides is 1. The minimum atomic E-state index is -0.674. The number of ether oxygens (including phenoxy) is 1. The molecule has 2 aromatic rings. The molecule has 1 unspecified atom stereocenters. The van der Waals surface area contributed by atoms with Crippen molar-refractivity contribution < 1.29 is 13.9 Å². The van der Waals surface area contributed by atoms with Crippen LogP contribution in [-0.4, -0.2) is 24.8 Å². The highest BCUT2D eigenvalue weighted by Gasteiger charge is 2.27. The molecule has 1 amide bonds. The summed E-state index contributed by atoms with van der Waals surface area (Å²) >= 11 is 8.54. The van der Waals surface area contributed by atoms with E-state index in [1.54, 1.807) is 25.1 Å². The smallest absolute Gasteiger partial charge is 0.248 e. The van der Waals surface area contributed by atoms with Crippen molar-refractivity contribution in [3.63, 3.8) is 0 Å². The highest BCUT2D eigenvalue weighted by molar-refractivity contribution is 14.1. The van der Waals surface area contributed by atoms with E-state index in [0.29, 0.717) is 27.7 Å². The molecule has 4 nitrogen and oxygen atoms in total. The average Bonchev–Trinajstić information content (AvgIpc) is 2.69. The lowest BCUT2D eigenvalue weighted by Crippen LogP contribution is -2.22. The molecule has 0 aliphatic carbocycles. The summed E-state index contributed by atoms with van der Waals surface area (Å²) in [6.45, 7) is 1.65. The van der Waals surface area contributed by atoms with Gasteiger partial charge in [-0.3, -0.25) is 9.79 Å². The molecule has 0 fully saturated rings. The summed E-state index contributed by atoms with van der Waals surface area (Å²) in [4.78, 5) is 16.6. The number of fused-ring (bicyclic) bond motifs is 1. The SMILES string of the molecule is COc1ccc(F)c(C2=NC(C)C(=O)Nc3ccc(I)c(Cl)c32)c1. The van der Waals surface area contributed by atoms with Crippen molar-refractivity contribution in [1.29, 1.82) is 0 Å². The number of nitrogens with zero attached hydrogens (tertiary/aromatic N) is 1. The van der Waals surface area contributed by atoms with Crippen molar-refractivity contribution in [3.05, 3.63) is 55.9 Å². The van der Waals surface area contributed by atoms with E-state index in [9.17, 15) is 9.18 Å². The maximum Gasteiger partial charge on any atom is 0.248 e. The molecule has 0 saturated heterocycles. The van der Waals surface area contributed by atoms with Crippen LogP contribution >= 0.6 is 34.2 Å². The summed E-state index contributed by atoms with van der Waals surface area (Å²) in [6, 6.07) is 7.25. The fourth-order valence-corrected chi connectivity index (χ4v) is 3.16. The molecule has 3 rings (SSSR count). The Balaban J connectivity index is 2.32. The molecule has 0 radical (unpaired) electrons. The molecule has 0 spiro atoms. The van der Waals surface area contributed by atoms with Gasteiger partial charge in [0.25, 0.3) is 0 Å². The number of halogens is 3. The van der Waals surface area contributed by atoms with Gasteiger partial charge in [-0.25, -0.2) is 4.39 Å². The van der Waals surface area contributed by atoms with Gasteiger partial charge in [0, 0.05) is 14.7 Å². The molecule has 7 heteroatoms. The monoisotopic (exact) mass is 458 g/mol. The van der Waals surface area contributed by atoms with Gasteiger partial charge in [-0.15, -0.1) is 0 Å². The zero-order valence-corrected chi connectivity index (χ0v) is 15.8. The summed E-state index contributed by atoms with van der Waals surface area (Å²) in [5, 5.41) is 3.21. The normalized spacial score (nSPS) is 16.8. The molecule has 1 atom stereocenters. The molecule has 124 valence electrons. The third-order valence-corrected chi connectivity index (χ3v) is 5.33. The molecule has 2 aromatic carbocycles. The van der Waals surface area contributed by atoms with E-state index in [1.165, 1.54) is 19.2 Å². The van der Waals surface area contributed by atoms with Crippen molar-refractivity contribution in [2.24, 2.45) is 4.99 Å². The van der Waals surface area contributed by atoms with E-state index in [4.69, 9.17) is 16.3 Å². The Labute approximate surface area is 157 Å². The number of nitrogens with one attached hydrogen (secondary N) is 1. The van der Waals surface area contributed by atoms with Gasteiger partial charge < -0.3 is 10.1 Å². The van der Waals surface area contributed by atoms with Crippen LogP contribution in [0.5, 0.6) is 5.75 Å². The van der Waals surface area contributed by atoms with Gasteiger partial charge in [-0.05, 0) is 59.8 Å². The molecule has 0 bridgehead atoms. The molecule has 24 heavy (non-hydrogen) atoms. The van der Waals surface area contributed by atoms with Crippen LogP contribution in [0, 0.1) is 9.39 Å². The van der Waals surface area contributed by atoms with Gasteiger partial charge in [0.2, 0.25) is 5.91 Å². The van der Waals surface area contributed by atoms with Crippen molar-refractivity contribution in [2.75, 3.05) is 12.4 Å². The highest BCUT2D eigenvalue weighted by atomic mass is 127. The first-order valence-corrected chi connectivity index (χ1v) is 8.59. The lowest BCUT2D eigenvalue weighted by molar-refractivity contribution is -0.116. The third kappa shape index (κ3) is 3.00. The summed E-state index contributed by atoms with van der Waals surface area (Å²) in [5.41, 5.74) is 1.59. The Hall–Kier alpha value is -1.67. The van der Waals surface area contributed by atoms with Gasteiger partial charge in [0.1, 0.15) is 17.6 Å². The zero-order chi connectivity index (χ0) is 17.4. The van der Waals surface area contributed by atoms with E-state index in [0.717, 1.165) is 3.57 Å².